The lowest BCUT2D eigenvalue weighted by molar-refractivity contribution is -0.137. The fourth-order valence-electron chi connectivity index (χ4n) is 4.96. The molecule has 2 aliphatic heterocycles. The van der Waals surface area contributed by atoms with E-state index < -0.39 is 17.3 Å². The first-order valence-electron chi connectivity index (χ1n) is 9.76. The third-order valence-corrected chi connectivity index (χ3v) is 6.50. The van der Waals surface area contributed by atoms with Crippen LogP contribution in [0.15, 0.2) is 24.3 Å². The smallest absolute Gasteiger partial charge is 0.357 e. The van der Waals surface area contributed by atoms with Gasteiger partial charge in [-0.05, 0) is 75.4 Å². The largest absolute Gasteiger partial charge is 0.416 e. The third-order valence-electron chi connectivity index (χ3n) is 6.50. The van der Waals surface area contributed by atoms with Crippen LogP contribution < -0.4 is 4.90 Å². The van der Waals surface area contributed by atoms with E-state index in [-0.39, 0.29) is 11.2 Å². The van der Waals surface area contributed by atoms with Crippen molar-refractivity contribution in [1.29, 1.82) is 0 Å². The monoisotopic (exact) mass is 382 g/mol. The molecule has 150 valence electrons. The van der Waals surface area contributed by atoms with Gasteiger partial charge < -0.3 is 9.80 Å². The van der Waals surface area contributed by atoms with Crippen molar-refractivity contribution in [1.82, 2.24) is 4.90 Å². The summed E-state index contributed by atoms with van der Waals surface area (Å²) in [7, 11) is 0. The highest BCUT2D eigenvalue weighted by Crippen LogP contribution is 2.47. The number of benzene rings is 1. The predicted molar refractivity (Wildman–Crippen MR) is 101 cm³/mol. The molecule has 1 aromatic carbocycles. The Hall–Kier alpha value is -1.56. The summed E-state index contributed by atoms with van der Waals surface area (Å²) < 4.78 is 38.9. The Morgan fingerprint density at radius 1 is 1.04 bits per heavy atom. The maximum absolute atomic E-state index is 13.1. The Labute approximate surface area is 159 Å². The van der Waals surface area contributed by atoms with Gasteiger partial charge in [0.25, 0.3) is 0 Å². The lowest BCUT2D eigenvalue weighted by Gasteiger charge is -2.57. The summed E-state index contributed by atoms with van der Waals surface area (Å²) in [6.07, 6.45) is -0.239. The number of carbonyl (C=O) groups excluding carboxylic acids is 1. The van der Waals surface area contributed by atoms with Crippen molar-refractivity contribution in [3.63, 3.8) is 0 Å². The van der Waals surface area contributed by atoms with Gasteiger partial charge in [-0.15, -0.1) is 0 Å². The highest BCUT2D eigenvalue weighted by atomic mass is 19.4. The number of anilines is 1. The maximum Gasteiger partial charge on any atom is 0.416 e. The second kappa shape index (κ2) is 7.12. The van der Waals surface area contributed by atoms with Crippen molar-refractivity contribution in [3.8, 4) is 0 Å². The molecule has 0 aromatic heterocycles. The topological polar surface area (TPSA) is 23.6 Å². The summed E-state index contributed by atoms with van der Waals surface area (Å²) in [5, 5.41) is 0. The molecule has 3 nitrogen and oxygen atoms in total. The van der Waals surface area contributed by atoms with Gasteiger partial charge in [0.2, 0.25) is 0 Å². The molecule has 0 saturated carbocycles. The number of ketones is 1. The fraction of sp³-hybridized carbons (Fsp3) is 0.667. The highest BCUT2D eigenvalue weighted by molar-refractivity contribution is 5.91. The molecule has 0 N–H and O–H groups in total. The van der Waals surface area contributed by atoms with Gasteiger partial charge >= 0.3 is 6.18 Å². The van der Waals surface area contributed by atoms with E-state index in [4.69, 9.17) is 0 Å². The molecule has 2 heterocycles. The Morgan fingerprint density at radius 3 is 2.15 bits per heavy atom. The molecule has 0 bridgehead atoms. The van der Waals surface area contributed by atoms with Crippen LogP contribution in [-0.4, -0.2) is 42.4 Å². The number of carbonyl (C=O) groups is 1. The lowest BCUT2D eigenvalue weighted by atomic mass is 9.63. The number of likely N-dealkylation sites (tertiary alicyclic amines) is 1. The van der Waals surface area contributed by atoms with E-state index in [1.54, 1.807) is 6.92 Å². The van der Waals surface area contributed by atoms with Gasteiger partial charge in [-0.3, -0.25) is 4.79 Å². The zero-order valence-corrected chi connectivity index (χ0v) is 16.4. The van der Waals surface area contributed by atoms with Crippen LogP contribution in [0.1, 0.15) is 52.0 Å². The molecule has 6 heteroatoms. The Kier molecular flexibility index (Phi) is 5.32. The van der Waals surface area contributed by atoms with E-state index in [2.05, 4.69) is 23.6 Å². The second-order valence-electron chi connectivity index (χ2n) is 8.58. The van der Waals surface area contributed by atoms with Gasteiger partial charge in [-0.25, -0.2) is 0 Å². The highest BCUT2D eigenvalue weighted by Gasteiger charge is 2.55. The van der Waals surface area contributed by atoms with Gasteiger partial charge in [0.1, 0.15) is 5.54 Å². The molecule has 0 aliphatic carbocycles. The summed E-state index contributed by atoms with van der Waals surface area (Å²) in [5.74, 6) is 0.0963. The molecule has 0 amide bonds. The molecule has 2 fully saturated rings. The first-order chi connectivity index (χ1) is 12.6. The second-order valence-corrected chi connectivity index (χ2v) is 8.58. The number of rotatable bonds is 4. The van der Waals surface area contributed by atoms with Gasteiger partial charge in [-0.1, -0.05) is 13.8 Å². The number of Topliss-reactive ketones (excluding diaryl/α,β-unsaturated/α-hetero) is 1. The van der Waals surface area contributed by atoms with E-state index >= 15 is 0 Å². The molecule has 0 radical (unpaired) electrons. The lowest BCUT2D eigenvalue weighted by Crippen LogP contribution is -2.70. The zero-order chi connectivity index (χ0) is 19.9. The maximum atomic E-state index is 13.1. The molecule has 1 aromatic rings. The van der Waals surface area contributed by atoms with Crippen LogP contribution in [-0.2, 0) is 11.0 Å². The van der Waals surface area contributed by atoms with Crippen molar-refractivity contribution in [2.45, 2.75) is 58.2 Å². The average molecular weight is 382 g/mol. The van der Waals surface area contributed by atoms with Gasteiger partial charge in [0, 0.05) is 18.8 Å². The van der Waals surface area contributed by atoms with E-state index in [1.165, 1.54) is 12.1 Å². The molecular formula is C21H29F3N2O. The molecule has 1 atom stereocenters. The van der Waals surface area contributed by atoms with E-state index in [0.717, 1.165) is 50.9 Å². The van der Waals surface area contributed by atoms with E-state index in [9.17, 15) is 18.0 Å². The van der Waals surface area contributed by atoms with Crippen molar-refractivity contribution in [2.75, 3.05) is 31.1 Å². The number of alkyl halides is 3. The molecular weight excluding hydrogens is 353 g/mol. The Bertz CT molecular complexity index is 678. The fourth-order valence-corrected chi connectivity index (χ4v) is 4.96. The summed E-state index contributed by atoms with van der Waals surface area (Å²) in [6, 6.07) is 5.28. The Morgan fingerprint density at radius 2 is 1.63 bits per heavy atom. The van der Waals surface area contributed by atoms with Crippen LogP contribution in [0.3, 0.4) is 0 Å². The van der Waals surface area contributed by atoms with Gasteiger partial charge in [0.15, 0.2) is 5.78 Å². The van der Waals surface area contributed by atoms with Crippen LogP contribution in [0.25, 0.3) is 0 Å². The van der Waals surface area contributed by atoms with Crippen LogP contribution in [0.4, 0.5) is 18.9 Å². The zero-order valence-electron chi connectivity index (χ0n) is 16.4. The molecule has 0 spiro atoms. The summed E-state index contributed by atoms with van der Waals surface area (Å²) >= 11 is 0. The van der Waals surface area contributed by atoms with Crippen LogP contribution >= 0.6 is 0 Å². The predicted octanol–water partition coefficient (Wildman–Crippen LogP) is 4.76. The number of halogens is 3. The third kappa shape index (κ3) is 3.60. The SMILES string of the molecule is CC(=O)C1(CN2CCCC2)N(c2ccc(C(F)(F)F)cc2)CCCC1(C)C. The number of nitrogens with zero attached hydrogens (tertiary/aromatic N) is 2. The summed E-state index contributed by atoms with van der Waals surface area (Å²) in [6.45, 7) is 9.16. The van der Waals surface area contributed by atoms with Gasteiger partial charge in [0.05, 0.1) is 5.56 Å². The first-order valence-corrected chi connectivity index (χ1v) is 9.76. The van der Waals surface area contributed by atoms with Crippen molar-refractivity contribution in [2.24, 2.45) is 5.41 Å². The number of hydrogen-bond donors (Lipinski definition) is 0. The Balaban J connectivity index is 2.03. The summed E-state index contributed by atoms with van der Waals surface area (Å²) in [4.78, 5) is 17.5. The minimum atomic E-state index is -4.35. The molecule has 1 unspecified atom stereocenters. The van der Waals surface area contributed by atoms with E-state index in [1.807, 2.05) is 0 Å². The molecule has 2 saturated heterocycles. The van der Waals surface area contributed by atoms with Gasteiger partial charge in [-0.2, -0.15) is 13.2 Å². The normalized spacial score (nSPS) is 26.4. The quantitative estimate of drug-likeness (QED) is 0.750. The molecule has 2 aliphatic rings. The number of hydrogen-bond acceptors (Lipinski definition) is 3. The van der Waals surface area contributed by atoms with Crippen LogP contribution in [0.5, 0.6) is 0 Å². The molecule has 27 heavy (non-hydrogen) atoms. The number of piperidine rings is 1. The average Bonchev–Trinajstić information content (AvgIpc) is 3.08. The van der Waals surface area contributed by atoms with Crippen molar-refractivity contribution >= 4 is 11.5 Å². The van der Waals surface area contributed by atoms with Crippen molar-refractivity contribution < 1.29 is 18.0 Å². The van der Waals surface area contributed by atoms with Crippen LogP contribution in [0, 0.1) is 5.41 Å². The van der Waals surface area contributed by atoms with Crippen molar-refractivity contribution in [3.05, 3.63) is 29.8 Å². The standard InChI is InChI=1S/C21H29F3N2O/c1-16(27)20(15-25-12-4-5-13-25)19(2,3)11-6-14-26(20)18-9-7-17(8-10-18)21(22,23)24/h7-10H,4-6,11-15H2,1-3H3. The minimum absolute atomic E-state index is 0.0963. The van der Waals surface area contributed by atoms with E-state index in [0.29, 0.717) is 18.8 Å². The molecule has 3 rings (SSSR count). The minimum Gasteiger partial charge on any atom is -0.357 e. The first kappa shape index (κ1) is 20.2. The van der Waals surface area contributed by atoms with Crippen LogP contribution in [0.2, 0.25) is 0 Å². The summed E-state index contributed by atoms with van der Waals surface area (Å²) in [5.41, 5.74) is -0.946.